The van der Waals surface area contributed by atoms with Gasteiger partial charge >= 0.3 is 0 Å². The van der Waals surface area contributed by atoms with E-state index in [0.29, 0.717) is 11.9 Å². The molecule has 0 spiro atoms. The van der Waals surface area contributed by atoms with Crippen LogP contribution in [0.1, 0.15) is 58.3 Å². The predicted molar refractivity (Wildman–Crippen MR) is 71.9 cm³/mol. The van der Waals surface area contributed by atoms with Crippen LogP contribution in [-0.4, -0.2) is 28.7 Å². The molecule has 1 saturated heterocycles. The van der Waals surface area contributed by atoms with E-state index in [4.69, 9.17) is 0 Å². The molecular weight excluding hydrogens is 266 g/mol. The van der Waals surface area contributed by atoms with Crippen molar-refractivity contribution in [2.24, 2.45) is 0 Å². The Morgan fingerprint density at radius 1 is 1.38 bits per heavy atom. The molecule has 1 aliphatic rings. The first-order chi connectivity index (χ1) is 7.79. The van der Waals surface area contributed by atoms with Crippen molar-refractivity contribution in [3.63, 3.8) is 0 Å². The second kappa shape index (κ2) is 8.10. The zero-order valence-electron chi connectivity index (χ0n) is 10.4. The Bertz CT molecular complexity index is 206. The summed E-state index contributed by atoms with van der Waals surface area (Å²) in [5, 5.41) is 1.01. The Labute approximate surface area is 108 Å². The minimum absolute atomic E-state index is 0.388. The van der Waals surface area contributed by atoms with E-state index in [9.17, 15) is 4.79 Å². The summed E-state index contributed by atoms with van der Waals surface area (Å²) in [5.41, 5.74) is 0. The third kappa shape index (κ3) is 4.44. The fraction of sp³-hybridized carbons (Fsp3) is 0.923. The van der Waals surface area contributed by atoms with Crippen LogP contribution < -0.4 is 0 Å². The van der Waals surface area contributed by atoms with Crippen LogP contribution in [-0.2, 0) is 4.79 Å². The molecule has 1 rings (SSSR count). The molecule has 0 bridgehead atoms. The minimum Gasteiger partial charge on any atom is -0.340 e. The fourth-order valence-electron chi connectivity index (χ4n) is 2.42. The van der Waals surface area contributed by atoms with Gasteiger partial charge in [0.1, 0.15) is 0 Å². The lowest BCUT2D eigenvalue weighted by Crippen LogP contribution is -2.43. The van der Waals surface area contributed by atoms with Crippen LogP contribution in [0.2, 0.25) is 0 Å². The van der Waals surface area contributed by atoms with Crippen LogP contribution in [0.15, 0.2) is 0 Å². The average Bonchev–Trinajstić information content (AvgIpc) is 2.30. The lowest BCUT2D eigenvalue weighted by molar-refractivity contribution is -0.135. The lowest BCUT2D eigenvalue weighted by Gasteiger charge is -2.35. The zero-order valence-corrected chi connectivity index (χ0v) is 12.0. The number of unbranched alkanes of at least 4 members (excludes halogenated alkanes) is 2. The minimum atomic E-state index is 0.388. The van der Waals surface area contributed by atoms with Gasteiger partial charge in [-0.3, -0.25) is 4.79 Å². The van der Waals surface area contributed by atoms with Gasteiger partial charge < -0.3 is 4.90 Å². The second-order valence-corrected chi connectivity index (χ2v) is 5.46. The summed E-state index contributed by atoms with van der Waals surface area (Å²) >= 11 is 3.49. The van der Waals surface area contributed by atoms with E-state index in [0.717, 1.165) is 31.1 Å². The molecule has 0 aliphatic carbocycles. The topological polar surface area (TPSA) is 20.3 Å². The zero-order chi connectivity index (χ0) is 11.8. The Balaban J connectivity index is 2.37. The van der Waals surface area contributed by atoms with E-state index in [1.54, 1.807) is 0 Å². The molecule has 3 heteroatoms. The van der Waals surface area contributed by atoms with Crippen molar-refractivity contribution in [3.05, 3.63) is 0 Å². The number of alkyl halides is 1. The molecule has 1 fully saturated rings. The standard InChI is InChI=1S/C13H24BrNO/c1-2-3-4-8-13(16)15-11-6-5-7-12(15)9-10-14/h12H,2-11H2,1H3. The molecule has 0 N–H and O–H groups in total. The summed E-state index contributed by atoms with van der Waals surface area (Å²) in [6.45, 7) is 3.17. The molecule has 94 valence electrons. The smallest absolute Gasteiger partial charge is 0.222 e. The van der Waals surface area contributed by atoms with Crippen LogP contribution in [0.3, 0.4) is 0 Å². The third-order valence-corrected chi connectivity index (χ3v) is 3.84. The SMILES string of the molecule is CCCCCC(=O)N1CCCCC1CCBr. The van der Waals surface area contributed by atoms with Crippen molar-refractivity contribution in [2.45, 2.75) is 64.3 Å². The normalized spacial score (nSPS) is 21.1. The average molecular weight is 290 g/mol. The van der Waals surface area contributed by atoms with Gasteiger partial charge in [-0.2, -0.15) is 0 Å². The van der Waals surface area contributed by atoms with Gasteiger partial charge in [-0.1, -0.05) is 35.7 Å². The number of piperidine rings is 1. The molecular formula is C13H24BrNO. The Hall–Kier alpha value is -0.0500. The molecule has 2 nitrogen and oxygen atoms in total. The van der Waals surface area contributed by atoms with E-state index < -0.39 is 0 Å². The quantitative estimate of drug-likeness (QED) is 0.539. The monoisotopic (exact) mass is 289 g/mol. The highest BCUT2D eigenvalue weighted by Gasteiger charge is 2.25. The number of hydrogen-bond acceptors (Lipinski definition) is 1. The van der Waals surface area contributed by atoms with Gasteiger partial charge in [0.15, 0.2) is 0 Å². The fourth-order valence-corrected chi connectivity index (χ4v) is 2.95. The molecule has 0 aromatic rings. The molecule has 0 saturated carbocycles. The van der Waals surface area contributed by atoms with Crippen molar-refractivity contribution < 1.29 is 4.79 Å². The molecule has 1 unspecified atom stereocenters. The van der Waals surface area contributed by atoms with Crippen LogP contribution >= 0.6 is 15.9 Å². The number of carbonyl (C=O) groups is 1. The van der Waals surface area contributed by atoms with Crippen LogP contribution in [0.25, 0.3) is 0 Å². The number of halogens is 1. The third-order valence-electron chi connectivity index (χ3n) is 3.38. The van der Waals surface area contributed by atoms with E-state index in [1.807, 2.05) is 0 Å². The van der Waals surface area contributed by atoms with E-state index in [-0.39, 0.29) is 0 Å². The van der Waals surface area contributed by atoms with Crippen LogP contribution in [0.4, 0.5) is 0 Å². The summed E-state index contributed by atoms with van der Waals surface area (Å²) in [6, 6.07) is 0.502. The Morgan fingerprint density at radius 2 is 2.19 bits per heavy atom. The van der Waals surface area contributed by atoms with Crippen molar-refractivity contribution in [1.29, 1.82) is 0 Å². The van der Waals surface area contributed by atoms with Crippen LogP contribution in [0.5, 0.6) is 0 Å². The summed E-state index contributed by atoms with van der Waals surface area (Å²) in [5.74, 6) is 0.388. The van der Waals surface area contributed by atoms with E-state index in [2.05, 4.69) is 27.8 Å². The molecule has 1 heterocycles. The molecule has 1 aliphatic heterocycles. The molecule has 0 aromatic carbocycles. The Kier molecular flexibility index (Phi) is 7.10. The summed E-state index contributed by atoms with van der Waals surface area (Å²) in [6.07, 6.45) is 8.99. The maximum Gasteiger partial charge on any atom is 0.222 e. The van der Waals surface area contributed by atoms with Gasteiger partial charge in [0.05, 0.1) is 0 Å². The van der Waals surface area contributed by atoms with Gasteiger partial charge in [-0.15, -0.1) is 0 Å². The first kappa shape index (κ1) is 14.0. The number of rotatable bonds is 6. The highest BCUT2D eigenvalue weighted by Crippen LogP contribution is 2.21. The molecule has 16 heavy (non-hydrogen) atoms. The molecule has 0 radical (unpaired) electrons. The van der Waals surface area contributed by atoms with Crippen molar-refractivity contribution in [2.75, 3.05) is 11.9 Å². The molecule has 0 aromatic heterocycles. The van der Waals surface area contributed by atoms with Gasteiger partial charge in [0.2, 0.25) is 5.91 Å². The number of carbonyl (C=O) groups excluding carboxylic acids is 1. The second-order valence-electron chi connectivity index (χ2n) is 4.67. The predicted octanol–water partition coefficient (Wildman–Crippen LogP) is 3.73. The summed E-state index contributed by atoms with van der Waals surface area (Å²) in [7, 11) is 0. The van der Waals surface area contributed by atoms with E-state index in [1.165, 1.54) is 32.1 Å². The van der Waals surface area contributed by atoms with Crippen LogP contribution in [0, 0.1) is 0 Å². The van der Waals surface area contributed by atoms with E-state index >= 15 is 0 Å². The van der Waals surface area contributed by atoms with Crippen molar-refractivity contribution in [1.82, 2.24) is 4.90 Å². The van der Waals surface area contributed by atoms with Gasteiger partial charge in [-0.25, -0.2) is 0 Å². The number of likely N-dealkylation sites (tertiary alicyclic amines) is 1. The highest BCUT2D eigenvalue weighted by molar-refractivity contribution is 9.09. The first-order valence-corrected chi connectivity index (χ1v) is 7.77. The number of hydrogen-bond donors (Lipinski definition) is 0. The number of amides is 1. The maximum absolute atomic E-state index is 12.1. The maximum atomic E-state index is 12.1. The number of nitrogens with zero attached hydrogens (tertiary/aromatic N) is 1. The van der Waals surface area contributed by atoms with Gasteiger partial charge in [-0.05, 0) is 32.1 Å². The highest BCUT2D eigenvalue weighted by atomic mass is 79.9. The Morgan fingerprint density at radius 3 is 2.88 bits per heavy atom. The first-order valence-electron chi connectivity index (χ1n) is 6.65. The van der Waals surface area contributed by atoms with Crippen molar-refractivity contribution >= 4 is 21.8 Å². The lowest BCUT2D eigenvalue weighted by atomic mass is 9.99. The molecule has 1 atom stereocenters. The molecule has 1 amide bonds. The largest absolute Gasteiger partial charge is 0.340 e. The summed E-state index contributed by atoms with van der Waals surface area (Å²) < 4.78 is 0. The van der Waals surface area contributed by atoms with Crippen molar-refractivity contribution in [3.8, 4) is 0 Å². The van der Waals surface area contributed by atoms with Gasteiger partial charge in [0, 0.05) is 24.3 Å². The summed E-state index contributed by atoms with van der Waals surface area (Å²) in [4.78, 5) is 14.2. The van der Waals surface area contributed by atoms with Gasteiger partial charge in [0.25, 0.3) is 0 Å².